The van der Waals surface area contributed by atoms with Crippen molar-refractivity contribution >= 4 is 22.9 Å². The first-order chi connectivity index (χ1) is 8.13. The molecule has 2 N–H and O–H groups in total. The van der Waals surface area contributed by atoms with E-state index in [1.165, 1.54) is 17.0 Å². The predicted octanol–water partition coefficient (Wildman–Crippen LogP) is 3.65. The molecule has 0 aliphatic rings. The topological polar surface area (TPSA) is 26.0 Å². The molecule has 0 aliphatic carbocycles. The zero-order valence-electron chi connectivity index (χ0n) is 9.20. The van der Waals surface area contributed by atoms with E-state index in [2.05, 4.69) is 0 Å². The summed E-state index contributed by atoms with van der Waals surface area (Å²) in [6.45, 7) is 0. The van der Waals surface area contributed by atoms with Crippen molar-refractivity contribution in [3.8, 4) is 0 Å². The van der Waals surface area contributed by atoms with Crippen LogP contribution in [0, 0.1) is 5.82 Å². The summed E-state index contributed by atoms with van der Waals surface area (Å²) in [5.41, 5.74) is 6.97. The van der Waals surface area contributed by atoms with Gasteiger partial charge in [0.25, 0.3) is 0 Å². The molecule has 0 saturated carbocycles. The molecule has 0 radical (unpaired) electrons. The predicted molar refractivity (Wildman–Crippen MR) is 71.1 cm³/mol. The molecule has 0 spiro atoms. The molecular weight excluding hydrogens is 257 g/mol. The van der Waals surface area contributed by atoms with Crippen molar-refractivity contribution in [1.82, 2.24) is 0 Å². The van der Waals surface area contributed by atoms with E-state index in [4.69, 9.17) is 17.3 Å². The van der Waals surface area contributed by atoms with E-state index in [0.29, 0.717) is 6.42 Å². The highest BCUT2D eigenvalue weighted by atomic mass is 35.5. The first-order valence-electron chi connectivity index (χ1n) is 5.38. The minimum atomic E-state index is -0.214. The largest absolute Gasteiger partial charge is 0.327 e. The summed E-state index contributed by atoms with van der Waals surface area (Å²) in [6.07, 6.45) is 1.45. The van der Waals surface area contributed by atoms with Gasteiger partial charge in [-0.05, 0) is 42.7 Å². The molecule has 0 bridgehead atoms. The Labute approximate surface area is 109 Å². The molecule has 1 heterocycles. The molecule has 90 valence electrons. The third-order valence-corrected chi connectivity index (χ3v) is 3.73. The minimum Gasteiger partial charge on any atom is -0.327 e. The molecule has 1 atom stereocenters. The lowest BCUT2D eigenvalue weighted by Crippen LogP contribution is -2.25. The van der Waals surface area contributed by atoms with Gasteiger partial charge in [0.05, 0.1) is 4.34 Å². The van der Waals surface area contributed by atoms with E-state index < -0.39 is 0 Å². The maximum absolute atomic E-state index is 13.0. The lowest BCUT2D eigenvalue weighted by Gasteiger charge is -2.10. The number of rotatable bonds is 4. The van der Waals surface area contributed by atoms with Gasteiger partial charge in [-0.2, -0.15) is 0 Å². The second kappa shape index (κ2) is 5.63. The van der Waals surface area contributed by atoms with Gasteiger partial charge >= 0.3 is 0 Å². The Bertz CT molecular complexity index is 498. The highest BCUT2D eigenvalue weighted by Crippen LogP contribution is 2.22. The van der Waals surface area contributed by atoms with Gasteiger partial charge in [-0.3, -0.25) is 0 Å². The number of halogens is 2. The van der Waals surface area contributed by atoms with Crippen molar-refractivity contribution in [2.45, 2.75) is 18.9 Å². The molecule has 17 heavy (non-hydrogen) atoms. The SMILES string of the molecule is NC(Cc1cccc(F)c1)Cc1ccc(Cl)s1. The van der Waals surface area contributed by atoms with E-state index >= 15 is 0 Å². The van der Waals surface area contributed by atoms with Crippen molar-refractivity contribution in [3.05, 3.63) is 57.0 Å². The summed E-state index contributed by atoms with van der Waals surface area (Å²) in [5, 5.41) is 0. The van der Waals surface area contributed by atoms with E-state index in [9.17, 15) is 4.39 Å². The number of hydrogen-bond acceptors (Lipinski definition) is 2. The molecule has 0 fully saturated rings. The molecule has 1 aromatic carbocycles. The smallest absolute Gasteiger partial charge is 0.123 e. The third-order valence-electron chi connectivity index (χ3n) is 2.48. The molecule has 1 unspecified atom stereocenters. The van der Waals surface area contributed by atoms with E-state index in [-0.39, 0.29) is 11.9 Å². The molecule has 2 rings (SSSR count). The average Bonchev–Trinajstić information content (AvgIpc) is 2.63. The van der Waals surface area contributed by atoms with Gasteiger partial charge in [0, 0.05) is 10.9 Å². The van der Waals surface area contributed by atoms with Crippen molar-refractivity contribution in [3.63, 3.8) is 0 Å². The van der Waals surface area contributed by atoms with Crippen LogP contribution in [0.2, 0.25) is 4.34 Å². The summed E-state index contributed by atoms with van der Waals surface area (Å²) in [4.78, 5) is 1.17. The summed E-state index contributed by atoms with van der Waals surface area (Å²) >= 11 is 7.39. The summed E-state index contributed by atoms with van der Waals surface area (Å²) in [7, 11) is 0. The second-order valence-electron chi connectivity index (χ2n) is 4.00. The number of hydrogen-bond donors (Lipinski definition) is 1. The fourth-order valence-electron chi connectivity index (χ4n) is 1.76. The van der Waals surface area contributed by atoms with Gasteiger partial charge < -0.3 is 5.73 Å². The number of thiophene rings is 1. The van der Waals surface area contributed by atoms with Crippen LogP contribution in [0.3, 0.4) is 0 Å². The standard InChI is InChI=1S/C13H13ClFNS/c14-13-5-4-12(17-13)8-11(16)7-9-2-1-3-10(15)6-9/h1-6,11H,7-8,16H2. The lowest BCUT2D eigenvalue weighted by molar-refractivity contribution is 0.619. The maximum atomic E-state index is 13.0. The Balaban J connectivity index is 1.95. The van der Waals surface area contributed by atoms with Gasteiger partial charge in [-0.1, -0.05) is 23.7 Å². The van der Waals surface area contributed by atoms with Crippen molar-refractivity contribution < 1.29 is 4.39 Å². The van der Waals surface area contributed by atoms with Crippen molar-refractivity contribution in [1.29, 1.82) is 0 Å². The van der Waals surface area contributed by atoms with Crippen LogP contribution in [0.25, 0.3) is 0 Å². The van der Waals surface area contributed by atoms with E-state index in [1.807, 2.05) is 18.2 Å². The Morgan fingerprint density at radius 3 is 2.71 bits per heavy atom. The van der Waals surface area contributed by atoms with Gasteiger partial charge in [-0.15, -0.1) is 11.3 Å². The lowest BCUT2D eigenvalue weighted by atomic mass is 10.0. The summed E-state index contributed by atoms with van der Waals surface area (Å²) in [5.74, 6) is -0.214. The Kier molecular flexibility index (Phi) is 4.15. The van der Waals surface area contributed by atoms with Gasteiger partial charge in [-0.25, -0.2) is 4.39 Å². The number of nitrogens with two attached hydrogens (primary N) is 1. The van der Waals surface area contributed by atoms with Crippen LogP contribution < -0.4 is 5.73 Å². The van der Waals surface area contributed by atoms with Crippen molar-refractivity contribution in [2.24, 2.45) is 5.73 Å². The van der Waals surface area contributed by atoms with Crippen molar-refractivity contribution in [2.75, 3.05) is 0 Å². The zero-order valence-corrected chi connectivity index (χ0v) is 10.8. The van der Waals surface area contributed by atoms with E-state index in [1.54, 1.807) is 17.4 Å². The van der Waals surface area contributed by atoms with Crippen LogP contribution >= 0.6 is 22.9 Å². The maximum Gasteiger partial charge on any atom is 0.123 e. The highest BCUT2D eigenvalue weighted by Gasteiger charge is 2.08. The van der Waals surface area contributed by atoms with E-state index in [0.717, 1.165) is 16.3 Å². The third kappa shape index (κ3) is 3.80. The van der Waals surface area contributed by atoms with Crippen LogP contribution in [0.4, 0.5) is 4.39 Å². The van der Waals surface area contributed by atoms with Crippen LogP contribution in [0.1, 0.15) is 10.4 Å². The molecular formula is C13H13ClFNS. The Morgan fingerprint density at radius 2 is 2.06 bits per heavy atom. The summed E-state index contributed by atoms with van der Waals surface area (Å²) in [6, 6.07) is 10.4. The molecule has 2 aromatic rings. The molecule has 1 aromatic heterocycles. The fraction of sp³-hybridized carbons (Fsp3) is 0.231. The highest BCUT2D eigenvalue weighted by molar-refractivity contribution is 7.16. The first kappa shape index (κ1) is 12.6. The fourth-order valence-corrected chi connectivity index (χ4v) is 2.94. The molecule has 4 heteroatoms. The molecule has 0 amide bonds. The summed E-state index contributed by atoms with van der Waals surface area (Å²) < 4.78 is 13.8. The van der Waals surface area contributed by atoms with Gasteiger partial charge in [0.15, 0.2) is 0 Å². The molecule has 0 aliphatic heterocycles. The van der Waals surface area contributed by atoms with Crippen LogP contribution in [0.15, 0.2) is 36.4 Å². The Morgan fingerprint density at radius 1 is 1.24 bits per heavy atom. The molecule has 1 nitrogen and oxygen atoms in total. The van der Waals surface area contributed by atoms with Crippen LogP contribution in [-0.2, 0) is 12.8 Å². The minimum absolute atomic E-state index is 0.00785. The average molecular weight is 270 g/mol. The Hall–Kier alpha value is -0.900. The normalized spacial score (nSPS) is 12.6. The van der Waals surface area contributed by atoms with Gasteiger partial charge in [0.1, 0.15) is 5.82 Å². The monoisotopic (exact) mass is 269 g/mol. The quantitative estimate of drug-likeness (QED) is 0.901. The number of benzene rings is 1. The van der Waals surface area contributed by atoms with Gasteiger partial charge in [0.2, 0.25) is 0 Å². The second-order valence-corrected chi connectivity index (χ2v) is 5.80. The zero-order chi connectivity index (χ0) is 12.3. The molecule has 0 saturated heterocycles. The van der Waals surface area contributed by atoms with Crippen LogP contribution in [0.5, 0.6) is 0 Å². The van der Waals surface area contributed by atoms with Crippen LogP contribution in [-0.4, -0.2) is 6.04 Å². The first-order valence-corrected chi connectivity index (χ1v) is 6.57.